The SMILES string of the molecule is N=[N+]=N.[Li][SiH](C)C. The third-order valence-corrected chi connectivity index (χ3v) is 0. The first kappa shape index (κ1) is 10.2. The quantitative estimate of drug-likeness (QED) is 0.255. The summed E-state index contributed by atoms with van der Waals surface area (Å²) in [7, 11) is -0.139. The molecular weight excluding hydrogens is 101 g/mol. The van der Waals surface area contributed by atoms with Crippen molar-refractivity contribution in [1.29, 1.82) is 11.1 Å². The first-order valence-electron chi connectivity index (χ1n) is 2.18. The minimum atomic E-state index is -0.139. The van der Waals surface area contributed by atoms with Crippen molar-refractivity contribution < 1.29 is 0 Å². The van der Waals surface area contributed by atoms with E-state index in [2.05, 4.69) is 30.1 Å². The van der Waals surface area contributed by atoms with Crippen LogP contribution in [0.2, 0.25) is 13.1 Å². The van der Waals surface area contributed by atoms with Crippen LogP contribution in [0.25, 0.3) is 0 Å². The Labute approximate surface area is 53.7 Å². The molecule has 0 bridgehead atoms. The second-order valence-electron chi connectivity index (χ2n) is 1.84. The Hall–Kier alpha value is 0.124. The van der Waals surface area contributed by atoms with Gasteiger partial charge in [0.1, 0.15) is 11.1 Å². The summed E-state index contributed by atoms with van der Waals surface area (Å²) in [6.45, 7) is 4.61. The molecule has 0 aromatic heterocycles. The van der Waals surface area contributed by atoms with Crippen molar-refractivity contribution in [3.63, 3.8) is 0 Å². The Bertz CT molecular complexity index is 55.2. The molecule has 0 unspecified atom stereocenters. The Morgan fingerprint density at radius 3 is 1.43 bits per heavy atom. The van der Waals surface area contributed by atoms with E-state index in [0.717, 1.165) is 0 Å². The zero-order chi connectivity index (χ0) is 6.28. The normalized spacial score (nSPS) is 6.43. The number of nitrogens with one attached hydrogen (secondary N) is 2. The van der Waals surface area contributed by atoms with Crippen LogP contribution >= 0.6 is 0 Å². The fourth-order valence-corrected chi connectivity index (χ4v) is 0. The van der Waals surface area contributed by atoms with Gasteiger partial charge >= 0.3 is 37.2 Å². The van der Waals surface area contributed by atoms with Gasteiger partial charge in [0.05, 0.1) is 0 Å². The third-order valence-electron chi connectivity index (χ3n) is 0. The Morgan fingerprint density at radius 1 is 1.43 bits per heavy atom. The van der Waals surface area contributed by atoms with Gasteiger partial charge in [-0.15, -0.1) is 0 Å². The molecule has 0 saturated heterocycles. The molecule has 3 nitrogen and oxygen atoms in total. The van der Waals surface area contributed by atoms with Crippen molar-refractivity contribution in [2.75, 3.05) is 0 Å². The maximum atomic E-state index is 5.50. The molecule has 0 rings (SSSR count). The molecule has 0 spiro atoms. The van der Waals surface area contributed by atoms with Crippen LogP contribution in [0.5, 0.6) is 0 Å². The van der Waals surface area contributed by atoms with Gasteiger partial charge in [-0.25, -0.2) is 0 Å². The molecule has 0 radical (unpaired) electrons. The van der Waals surface area contributed by atoms with Gasteiger partial charge < -0.3 is 0 Å². The second-order valence-corrected chi connectivity index (χ2v) is 5.31. The van der Waals surface area contributed by atoms with Crippen LogP contribution in [0.1, 0.15) is 0 Å². The van der Waals surface area contributed by atoms with E-state index in [1.165, 1.54) is 0 Å². The molecule has 2 N–H and O–H groups in total. The molecule has 7 heavy (non-hydrogen) atoms. The van der Waals surface area contributed by atoms with Gasteiger partial charge in [-0.05, 0) is 0 Å². The number of rotatable bonds is 0. The van der Waals surface area contributed by atoms with Crippen LogP contribution < -0.4 is 4.91 Å². The molecule has 36 valence electrons. The van der Waals surface area contributed by atoms with E-state index in [1.807, 2.05) is 4.91 Å². The molecule has 0 aliphatic carbocycles. The fourth-order valence-electron chi connectivity index (χ4n) is 0. The van der Waals surface area contributed by atoms with E-state index >= 15 is 0 Å². The summed E-state index contributed by atoms with van der Waals surface area (Å²) in [6, 6.07) is 0. The summed E-state index contributed by atoms with van der Waals surface area (Å²) in [6.07, 6.45) is 0. The molecule has 5 heteroatoms. The van der Waals surface area contributed by atoms with Crippen molar-refractivity contribution in [2.24, 2.45) is 0 Å². The average molecular weight is 110 g/mol. The van der Waals surface area contributed by atoms with Gasteiger partial charge in [-0.3, -0.25) is 0 Å². The predicted octanol–water partition coefficient (Wildman–Crippen LogP) is 0.254. The maximum absolute atomic E-state index is 5.50. The minimum absolute atomic E-state index is 0.139. The van der Waals surface area contributed by atoms with E-state index in [1.54, 1.807) is 0 Å². The van der Waals surface area contributed by atoms with Crippen LogP contribution in [0, 0.1) is 11.1 Å². The summed E-state index contributed by atoms with van der Waals surface area (Å²) in [5.74, 6) is 0. The molecule has 0 saturated carbocycles. The summed E-state index contributed by atoms with van der Waals surface area (Å²) >= 11 is 2.31. The van der Waals surface area contributed by atoms with Crippen LogP contribution in [0.4, 0.5) is 0 Å². The zero-order valence-electron chi connectivity index (χ0n) is 5.02. The first-order chi connectivity index (χ1) is 3.15. The molecule has 0 aromatic carbocycles. The summed E-state index contributed by atoms with van der Waals surface area (Å²) in [5, 5.41) is 0. The Kier molecular flexibility index (Phi) is 13.7. The monoisotopic (exact) mass is 110 g/mol. The van der Waals surface area contributed by atoms with Crippen molar-refractivity contribution >= 4 is 24.2 Å². The number of hydrogen-bond acceptors (Lipinski definition) is 2. The van der Waals surface area contributed by atoms with Gasteiger partial charge in [-0.1, -0.05) is 0 Å². The molecule has 0 aromatic rings. The molecular formula is C2H9LiN3Si+. The molecule has 0 amide bonds. The van der Waals surface area contributed by atoms with Crippen molar-refractivity contribution in [2.45, 2.75) is 13.1 Å². The van der Waals surface area contributed by atoms with E-state index in [-0.39, 0.29) is 7.12 Å². The summed E-state index contributed by atoms with van der Waals surface area (Å²) < 4.78 is 0. The van der Waals surface area contributed by atoms with Gasteiger partial charge in [0, 0.05) is 0 Å². The Morgan fingerprint density at radius 2 is 1.43 bits per heavy atom. The van der Waals surface area contributed by atoms with Crippen LogP contribution in [0.15, 0.2) is 0 Å². The topological polar surface area (TPSA) is 61.8 Å². The van der Waals surface area contributed by atoms with Crippen molar-refractivity contribution in [1.82, 2.24) is 4.91 Å². The van der Waals surface area contributed by atoms with Gasteiger partial charge in [0.15, 0.2) is 0 Å². The fraction of sp³-hybridized carbons (Fsp3) is 1.00. The Balaban J connectivity index is 0. The molecule has 0 heterocycles. The van der Waals surface area contributed by atoms with E-state index < -0.39 is 0 Å². The van der Waals surface area contributed by atoms with E-state index in [0.29, 0.717) is 0 Å². The molecule has 0 aliphatic rings. The number of hydrogen-bond donors (Lipinski definition) is 2. The van der Waals surface area contributed by atoms with Crippen LogP contribution in [-0.4, -0.2) is 24.2 Å². The first-order valence-corrected chi connectivity index (χ1v) is 5.64. The van der Waals surface area contributed by atoms with Crippen LogP contribution in [-0.2, 0) is 0 Å². The van der Waals surface area contributed by atoms with Crippen molar-refractivity contribution in [3.8, 4) is 0 Å². The van der Waals surface area contributed by atoms with E-state index in [4.69, 9.17) is 11.1 Å². The summed E-state index contributed by atoms with van der Waals surface area (Å²) in [4.78, 5) is 2.00. The third kappa shape index (κ3) is 6740. The molecule has 0 atom stereocenters. The molecule has 0 aliphatic heterocycles. The average Bonchev–Trinajstić information content (AvgIpc) is 1.33. The van der Waals surface area contributed by atoms with Crippen LogP contribution in [0.3, 0.4) is 0 Å². The standard InChI is InChI=1S/C2H7Si.Li.H2N3/c1-3-2;;1-3-2/h3H,1-2H3;;1-2H/q;;+1. The predicted molar refractivity (Wildman–Crippen MR) is 32.2 cm³/mol. The second kappa shape index (κ2) is 9.45. The zero-order valence-corrected chi connectivity index (χ0v) is 6.18. The summed E-state index contributed by atoms with van der Waals surface area (Å²) in [5.41, 5.74) is 11.0. The van der Waals surface area contributed by atoms with Gasteiger partial charge in [0.25, 0.3) is 0 Å². The van der Waals surface area contributed by atoms with Crippen molar-refractivity contribution in [3.05, 3.63) is 0 Å². The number of nitrogens with zero attached hydrogens (tertiary/aromatic N) is 1. The molecule has 0 fully saturated rings. The van der Waals surface area contributed by atoms with Gasteiger partial charge in [-0.2, -0.15) is 0 Å². The van der Waals surface area contributed by atoms with Gasteiger partial charge in [0.2, 0.25) is 4.91 Å². The van der Waals surface area contributed by atoms with E-state index in [9.17, 15) is 0 Å².